The van der Waals surface area contributed by atoms with Gasteiger partial charge < -0.3 is 14.6 Å². The molecule has 1 amide bonds. The summed E-state index contributed by atoms with van der Waals surface area (Å²) in [5.41, 5.74) is -2.09. The Balaban J connectivity index is 1.54. The molecule has 3 aromatic rings. The van der Waals surface area contributed by atoms with E-state index in [4.69, 9.17) is 4.74 Å². The van der Waals surface area contributed by atoms with Crippen LogP contribution in [0.25, 0.3) is 21.8 Å². The number of alkyl halides is 6. The quantitative estimate of drug-likeness (QED) is 0.502. The maximum absolute atomic E-state index is 14.1. The van der Waals surface area contributed by atoms with Gasteiger partial charge in [0, 0.05) is 51.3 Å². The summed E-state index contributed by atoms with van der Waals surface area (Å²) in [4.78, 5) is 31.3. The number of aromatic amines is 1. The van der Waals surface area contributed by atoms with Crippen LogP contribution in [0, 0.1) is 0 Å². The summed E-state index contributed by atoms with van der Waals surface area (Å²) in [5, 5.41) is 4.79. The molecule has 2 saturated heterocycles. The van der Waals surface area contributed by atoms with Crippen LogP contribution >= 0.6 is 0 Å². The third-order valence-electron chi connectivity index (χ3n) is 7.14. The molecule has 0 radical (unpaired) electrons. The molecule has 14 heteroatoms. The van der Waals surface area contributed by atoms with E-state index in [1.54, 1.807) is 4.68 Å². The molecule has 2 aromatic heterocycles. The standard InChI is InChI=1S/C24H25F6N5O3/c25-23(26,27)3-4-33-5-7-34(8-6-33)22(37)15-11-16-19(12-18(15)24(28,29)30)32-21(36)17-13-31-35(20(16)17)14-1-9-38-10-2-14/h11-14H,1-10H2,(H,32,36). The second-order valence-electron chi connectivity index (χ2n) is 9.59. The van der Waals surface area contributed by atoms with Crippen molar-refractivity contribution >= 4 is 27.7 Å². The Morgan fingerprint density at radius 2 is 1.71 bits per heavy atom. The number of benzene rings is 1. The van der Waals surface area contributed by atoms with Crippen LogP contribution < -0.4 is 5.56 Å². The van der Waals surface area contributed by atoms with E-state index in [9.17, 15) is 35.9 Å². The lowest BCUT2D eigenvalue weighted by molar-refractivity contribution is -0.138. The summed E-state index contributed by atoms with van der Waals surface area (Å²) < 4.78 is 86.9. The maximum Gasteiger partial charge on any atom is 0.417 e. The van der Waals surface area contributed by atoms with Crippen molar-refractivity contribution in [2.45, 2.75) is 37.7 Å². The number of halogens is 6. The highest BCUT2D eigenvalue weighted by atomic mass is 19.4. The number of ether oxygens (including phenoxy) is 1. The molecule has 0 atom stereocenters. The largest absolute Gasteiger partial charge is 0.417 e. The molecule has 0 aliphatic carbocycles. The minimum absolute atomic E-state index is 0.00688. The fourth-order valence-electron chi connectivity index (χ4n) is 5.13. The van der Waals surface area contributed by atoms with Gasteiger partial charge in [0.2, 0.25) is 0 Å². The zero-order valence-electron chi connectivity index (χ0n) is 20.2. The lowest BCUT2D eigenvalue weighted by Crippen LogP contribution is -2.49. The molecule has 2 aliphatic rings. The van der Waals surface area contributed by atoms with Gasteiger partial charge in [-0.1, -0.05) is 0 Å². The van der Waals surface area contributed by atoms with Crippen molar-refractivity contribution in [1.82, 2.24) is 24.6 Å². The summed E-state index contributed by atoms with van der Waals surface area (Å²) in [6.07, 6.45) is -7.63. The highest BCUT2D eigenvalue weighted by Crippen LogP contribution is 2.37. The fourth-order valence-corrected chi connectivity index (χ4v) is 5.13. The molecule has 8 nitrogen and oxygen atoms in total. The molecule has 0 spiro atoms. The molecule has 2 fully saturated rings. The predicted octanol–water partition coefficient (Wildman–Crippen LogP) is 3.96. The Labute approximate surface area is 212 Å². The number of fused-ring (bicyclic) bond motifs is 3. The van der Waals surface area contributed by atoms with Crippen molar-refractivity contribution in [3.8, 4) is 0 Å². The van der Waals surface area contributed by atoms with Crippen LogP contribution in [-0.4, -0.2) is 82.6 Å². The van der Waals surface area contributed by atoms with Crippen LogP contribution in [0.15, 0.2) is 23.1 Å². The fraction of sp³-hybridized carbons (Fsp3) is 0.542. The first-order valence-corrected chi connectivity index (χ1v) is 12.2. The van der Waals surface area contributed by atoms with E-state index < -0.39 is 41.4 Å². The Kier molecular flexibility index (Phi) is 6.88. The van der Waals surface area contributed by atoms with E-state index in [1.807, 2.05) is 0 Å². The minimum Gasteiger partial charge on any atom is -0.381 e. The Morgan fingerprint density at radius 1 is 1.03 bits per heavy atom. The summed E-state index contributed by atoms with van der Waals surface area (Å²) in [6.45, 7) is 0.931. The van der Waals surface area contributed by atoms with Crippen LogP contribution in [-0.2, 0) is 10.9 Å². The summed E-state index contributed by atoms with van der Waals surface area (Å²) >= 11 is 0. The van der Waals surface area contributed by atoms with Crippen molar-refractivity contribution in [3.63, 3.8) is 0 Å². The number of carbonyl (C=O) groups excluding carboxylic acids is 1. The van der Waals surface area contributed by atoms with Crippen molar-refractivity contribution in [1.29, 1.82) is 0 Å². The van der Waals surface area contributed by atoms with Crippen molar-refractivity contribution < 1.29 is 35.9 Å². The highest BCUT2D eigenvalue weighted by Gasteiger charge is 2.38. The van der Waals surface area contributed by atoms with Crippen LogP contribution in [0.4, 0.5) is 26.3 Å². The zero-order valence-corrected chi connectivity index (χ0v) is 20.2. The number of amides is 1. The molecule has 0 saturated carbocycles. The number of carbonyl (C=O) groups is 1. The van der Waals surface area contributed by atoms with E-state index in [0.717, 1.165) is 12.1 Å². The normalized spacial score (nSPS) is 18.5. The van der Waals surface area contributed by atoms with Gasteiger partial charge in [0.25, 0.3) is 11.5 Å². The van der Waals surface area contributed by atoms with Gasteiger partial charge in [-0.15, -0.1) is 0 Å². The first kappa shape index (κ1) is 26.5. The smallest absolute Gasteiger partial charge is 0.381 e. The average molecular weight is 545 g/mol. The zero-order chi connectivity index (χ0) is 27.2. The van der Waals surface area contributed by atoms with Crippen LogP contribution in [0.5, 0.6) is 0 Å². The molecule has 1 N–H and O–H groups in total. The number of hydrogen-bond acceptors (Lipinski definition) is 5. The Morgan fingerprint density at radius 3 is 2.34 bits per heavy atom. The first-order valence-electron chi connectivity index (χ1n) is 12.2. The molecule has 1 aromatic carbocycles. The van der Waals surface area contributed by atoms with Gasteiger partial charge in [-0.25, -0.2) is 0 Å². The topological polar surface area (TPSA) is 83.5 Å². The summed E-state index contributed by atoms with van der Waals surface area (Å²) in [7, 11) is 0. The number of nitrogens with zero attached hydrogens (tertiary/aromatic N) is 4. The van der Waals surface area contributed by atoms with Crippen molar-refractivity contribution in [3.05, 3.63) is 39.8 Å². The van der Waals surface area contributed by atoms with E-state index in [0.29, 0.717) is 31.6 Å². The van der Waals surface area contributed by atoms with E-state index in [-0.39, 0.29) is 55.1 Å². The maximum atomic E-state index is 14.1. The van der Waals surface area contributed by atoms with Gasteiger partial charge in [0.1, 0.15) is 0 Å². The summed E-state index contributed by atoms with van der Waals surface area (Å²) in [5.74, 6) is -0.869. The number of hydrogen-bond donors (Lipinski definition) is 1. The molecule has 5 rings (SSSR count). The molecule has 38 heavy (non-hydrogen) atoms. The number of piperazine rings is 1. The lowest BCUT2D eigenvalue weighted by atomic mass is 10.00. The molecule has 0 unspecified atom stereocenters. The van der Waals surface area contributed by atoms with Crippen molar-refractivity contribution in [2.24, 2.45) is 0 Å². The second-order valence-corrected chi connectivity index (χ2v) is 9.59. The molecule has 2 aliphatic heterocycles. The van der Waals surface area contributed by atoms with E-state index in [1.165, 1.54) is 16.0 Å². The average Bonchev–Trinajstić information content (AvgIpc) is 3.33. The number of H-pyrrole nitrogens is 1. The van der Waals surface area contributed by atoms with Crippen LogP contribution in [0.2, 0.25) is 0 Å². The molecule has 206 valence electrons. The number of rotatable bonds is 4. The van der Waals surface area contributed by atoms with E-state index in [2.05, 4.69) is 10.1 Å². The third kappa shape index (κ3) is 5.23. The second kappa shape index (κ2) is 9.88. The predicted molar refractivity (Wildman–Crippen MR) is 125 cm³/mol. The van der Waals surface area contributed by atoms with Crippen LogP contribution in [0.3, 0.4) is 0 Å². The Hall–Kier alpha value is -3.13. The molecular formula is C24H25F6N5O3. The molecule has 4 heterocycles. The first-order chi connectivity index (χ1) is 17.9. The van der Waals surface area contributed by atoms with Gasteiger partial charge in [0.05, 0.1) is 46.2 Å². The number of nitrogens with one attached hydrogen (secondary N) is 1. The third-order valence-corrected chi connectivity index (χ3v) is 7.14. The van der Waals surface area contributed by atoms with Gasteiger partial charge >= 0.3 is 12.4 Å². The summed E-state index contributed by atoms with van der Waals surface area (Å²) in [6, 6.07) is 1.79. The number of aromatic nitrogens is 3. The molecular weight excluding hydrogens is 520 g/mol. The SMILES string of the molecule is O=C(c1cc2c(cc1C(F)(F)F)[nH]c(=O)c1cnn(C3CCOCC3)c12)N1CCN(CCC(F)(F)F)CC1. The number of pyridine rings is 1. The minimum atomic E-state index is -4.89. The lowest BCUT2D eigenvalue weighted by Gasteiger charge is -2.35. The highest BCUT2D eigenvalue weighted by molar-refractivity contribution is 6.08. The monoisotopic (exact) mass is 545 g/mol. The Bertz CT molecular complexity index is 1400. The van der Waals surface area contributed by atoms with E-state index >= 15 is 0 Å². The molecule has 0 bridgehead atoms. The van der Waals surface area contributed by atoms with Gasteiger partial charge in [0.15, 0.2) is 0 Å². The van der Waals surface area contributed by atoms with Crippen molar-refractivity contribution in [2.75, 3.05) is 45.9 Å². The van der Waals surface area contributed by atoms with Crippen LogP contribution in [0.1, 0.15) is 41.2 Å². The van der Waals surface area contributed by atoms with Gasteiger partial charge in [-0.2, -0.15) is 31.4 Å². The van der Waals surface area contributed by atoms with Gasteiger partial charge in [-0.05, 0) is 25.0 Å². The van der Waals surface area contributed by atoms with Gasteiger partial charge in [-0.3, -0.25) is 19.2 Å².